The Morgan fingerprint density at radius 3 is 1.18 bits per heavy atom. The van der Waals surface area contributed by atoms with E-state index in [1.807, 2.05) is 6.08 Å². The molecule has 12 unspecified atom stereocenters. The summed E-state index contributed by atoms with van der Waals surface area (Å²) in [6.07, 6.45) is 69.5. The van der Waals surface area contributed by atoms with E-state index >= 15 is 0 Å². The molecule has 0 aliphatic carbocycles. The van der Waals surface area contributed by atoms with E-state index in [9.17, 15) is 45.6 Å². The van der Waals surface area contributed by atoms with Gasteiger partial charge in [0.1, 0.15) is 48.8 Å². The minimum absolute atomic E-state index is 0.249. The normalized spacial score (nSPS) is 23.7. The van der Waals surface area contributed by atoms with Crippen LogP contribution in [0.25, 0.3) is 0 Å². The van der Waals surface area contributed by atoms with Crippen LogP contribution in [0, 0.1) is 0 Å². The molecular weight excluding hydrogens is 1130 g/mol. The highest BCUT2D eigenvalue weighted by atomic mass is 16.7. The third-order valence-corrected chi connectivity index (χ3v) is 16.7. The lowest BCUT2D eigenvalue weighted by atomic mass is 9.97. The first kappa shape index (κ1) is 82.5. The lowest BCUT2D eigenvalue weighted by Gasteiger charge is -2.46. The summed E-state index contributed by atoms with van der Waals surface area (Å²) in [5.74, 6) is -0.249. The fourth-order valence-electron chi connectivity index (χ4n) is 11.0. The van der Waals surface area contributed by atoms with Crippen LogP contribution in [0.5, 0.6) is 0 Å². The van der Waals surface area contributed by atoms with Crippen LogP contribution < -0.4 is 5.32 Å². The molecular formula is C76H129NO13. The van der Waals surface area contributed by atoms with Crippen molar-refractivity contribution in [1.29, 1.82) is 0 Å². The van der Waals surface area contributed by atoms with E-state index < -0.39 is 86.8 Å². The maximum Gasteiger partial charge on any atom is 0.220 e. The molecule has 0 bridgehead atoms. The number of allylic oxidation sites excluding steroid dienone is 19. The lowest BCUT2D eigenvalue weighted by Crippen LogP contribution is -2.65. The molecule has 2 aliphatic rings. The quantitative estimate of drug-likeness (QED) is 0.0204. The topological polar surface area (TPSA) is 228 Å². The Hall–Kier alpha value is -3.61. The summed E-state index contributed by atoms with van der Waals surface area (Å²) in [7, 11) is 0. The molecule has 2 rings (SSSR count). The van der Waals surface area contributed by atoms with Gasteiger partial charge in [0, 0.05) is 6.42 Å². The smallest absolute Gasteiger partial charge is 0.220 e. The number of unbranched alkanes of at least 4 members (excludes halogenated alkanes) is 26. The SMILES string of the molecule is CC/C=C\C/C=C\C/C=C\C/C=C\C/C=C\C/C=C\C/C=C\C/C=C\C/C=C\CCCCCCCCCCCC(=O)NC(COC1OC(CO)C(OC2OC(CO)C(O)C(O)C2O)C(O)C1O)C(O)/C=C/CCCCCCCCCCCCCCCCCCC. The van der Waals surface area contributed by atoms with Crippen molar-refractivity contribution in [3.05, 3.63) is 122 Å². The monoisotopic (exact) mass is 1260 g/mol. The van der Waals surface area contributed by atoms with Gasteiger partial charge in [-0.15, -0.1) is 0 Å². The predicted molar refractivity (Wildman–Crippen MR) is 368 cm³/mol. The highest BCUT2D eigenvalue weighted by molar-refractivity contribution is 5.76. The molecule has 516 valence electrons. The van der Waals surface area contributed by atoms with E-state index in [0.29, 0.717) is 6.42 Å². The van der Waals surface area contributed by atoms with Crippen LogP contribution >= 0.6 is 0 Å². The summed E-state index contributed by atoms with van der Waals surface area (Å²) in [6.45, 7) is 2.69. The first-order chi connectivity index (χ1) is 44.1. The zero-order chi connectivity index (χ0) is 65.2. The first-order valence-corrected chi connectivity index (χ1v) is 35.8. The second kappa shape index (κ2) is 59.2. The first-order valence-electron chi connectivity index (χ1n) is 35.8. The number of nitrogens with one attached hydrogen (secondary N) is 1. The van der Waals surface area contributed by atoms with Gasteiger partial charge in [-0.1, -0.05) is 283 Å². The molecule has 0 spiro atoms. The van der Waals surface area contributed by atoms with Gasteiger partial charge in [-0.05, 0) is 89.9 Å². The molecule has 0 aromatic heterocycles. The van der Waals surface area contributed by atoms with Gasteiger partial charge in [-0.3, -0.25) is 4.79 Å². The van der Waals surface area contributed by atoms with Crippen molar-refractivity contribution in [2.45, 2.75) is 331 Å². The number of carbonyl (C=O) groups is 1. The second-order valence-corrected chi connectivity index (χ2v) is 24.6. The van der Waals surface area contributed by atoms with Crippen LogP contribution in [-0.2, 0) is 23.7 Å². The lowest BCUT2D eigenvalue weighted by molar-refractivity contribution is -0.359. The average molecular weight is 1260 g/mol. The molecule has 14 nitrogen and oxygen atoms in total. The minimum Gasteiger partial charge on any atom is -0.394 e. The van der Waals surface area contributed by atoms with Crippen molar-refractivity contribution in [2.24, 2.45) is 0 Å². The Morgan fingerprint density at radius 2 is 0.767 bits per heavy atom. The molecule has 9 N–H and O–H groups in total. The molecule has 90 heavy (non-hydrogen) atoms. The van der Waals surface area contributed by atoms with E-state index in [-0.39, 0.29) is 18.9 Å². The molecule has 14 heteroatoms. The number of aliphatic hydroxyl groups is 8. The van der Waals surface area contributed by atoms with E-state index in [4.69, 9.17) is 18.9 Å². The van der Waals surface area contributed by atoms with Crippen LogP contribution in [0.15, 0.2) is 122 Å². The van der Waals surface area contributed by atoms with Crippen molar-refractivity contribution in [2.75, 3.05) is 19.8 Å². The van der Waals surface area contributed by atoms with Gasteiger partial charge in [-0.25, -0.2) is 0 Å². The van der Waals surface area contributed by atoms with Crippen molar-refractivity contribution in [1.82, 2.24) is 5.32 Å². The number of amides is 1. The van der Waals surface area contributed by atoms with Gasteiger partial charge >= 0.3 is 0 Å². The van der Waals surface area contributed by atoms with Crippen LogP contribution in [0.4, 0.5) is 0 Å². The third-order valence-electron chi connectivity index (χ3n) is 16.7. The molecule has 12 atom stereocenters. The van der Waals surface area contributed by atoms with E-state index in [2.05, 4.69) is 129 Å². The van der Waals surface area contributed by atoms with Gasteiger partial charge < -0.3 is 65.1 Å². The number of aliphatic hydroxyl groups excluding tert-OH is 8. The zero-order valence-electron chi connectivity index (χ0n) is 56.1. The molecule has 2 aliphatic heterocycles. The Kier molecular flexibility index (Phi) is 54.2. The summed E-state index contributed by atoms with van der Waals surface area (Å²) in [4.78, 5) is 13.3. The zero-order valence-corrected chi connectivity index (χ0v) is 56.1. The molecule has 2 heterocycles. The molecule has 0 saturated carbocycles. The van der Waals surface area contributed by atoms with Gasteiger partial charge in [-0.2, -0.15) is 0 Å². The van der Waals surface area contributed by atoms with E-state index in [1.54, 1.807) is 6.08 Å². The van der Waals surface area contributed by atoms with Gasteiger partial charge in [0.15, 0.2) is 12.6 Å². The standard InChI is InChI=1S/C76H129NO13/c1-3-5-7-9-11-13-15-17-19-21-23-24-25-26-27-28-29-30-31-32-33-34-35-36-37-38-39-40-42-44-46-48-50-52-54-56-58-60-68(81)77-64(65(80)59-57-55-53-51-49-47-45-43-41-22-20-18-16-14-12-10-8-6-4-2)63-87-75-73(86)71(84)74(67(62-79)89-75)90-76-72(85)70(83)69(82)66(61-78)88-76/h5,7,11,13,17,19,23-24,26-27,29-30,32-33,35-36,38-39,57,59,64-67,69-76,78-80,82-86H,3-4,6,8-10,12,14-16,18,20-22,25,28,31,34,37,40-56,58,60-63H2,1-2H3,(H,77,81)/b7-5-,13-11-,19-17-,24-23-,27-26-,30-29-,33-32-,36-35-,39-38-,59-57+. The predicted octanol–water partition coefficient (Wildman–Crippen LogP) is 14.9. The van der Waals surface area contributed by atoms with E-state index in [0.717, 1.165) is 103 Å². The van der Waals surface area contributed by atoms with Crippen molar-refractivity contribution in [3.63, 3.8) is 0 Å². The Labute approximate surface area is 546 Å². The maximum atomic E-state index is 13.3. The minimum atomic E-state index is -1.79. The summed E-state index contributed by atoms with van der Waals surface area (Å²) in [5.41, 5.74) is 0. The van der Waals surface area contributed by atoms with Crippen LogP contribution in [0.2, 0.25) is 0 Å². The van der Waals surface area contributed by atoms with Crippen LogP contribution in [0.1, 0.15) is 258 Å². The summed E-state index contributed by atoms with van der Waals surface area (Å²) in [5, 5.41) is 87.4. The number of hydrogen-bond donors (Lipinski definition) is 9. The van der Waals surface area contributed by atoms with Gasteiger partial charge in [0.2, 0.25) is 5.91 Å². The number of rotatable bonds is 57. The molecule has 0 radical (unpaired) electrons. The molecule has 0 aromatic carbocycles. The van der Waals surface area contributed by atoms with Crippen molar-refractivity contribution in [3.8, 4) is 0 Å². The fraction of sp³-hybridized carbons (Fsp3) is 0.724. The largest absolute Gasteiger partial charge is 0.394 e. The van der Waals surface area contributed by atoms with Crippen LogP contribution in [0.3, 0.4) is 0 Å². The highest BCUT2D eigenvalue weighted by Crippen LogP contribution is 2.30. The number of carbonyl (C=O) groups excluding carboxylic acids is 1. The Balaban J connectivity index is 1.66. The maximum absolute atomic E-state index is 13.3. The van der Waals surface area contributed by atoms with Crippen LogP contribution in [-0.4, -0.2) is 140 Å². The number of ether oxygens (including phenoxy) is 4. The molecule has 0 aromatic rings. The summed E-state index contributed by atoms with van der Waals surface area (Å²) in [6, 6.07) is -0.927. The number of hydrogen-bond acceptors (Lipinski definition) is 13. The molecule has 2 saturated heterocycles. The molecule has 1 amide bonds. The Morgan fingerprint density at radius 1 is 0.411 bits per heavy atom. The summed E-state index contributed by atoms with van der Waals surface area (Å²) >= 11 is 0. The van der Waals surface area contributed by atoms with Crippen molar-refractivity contribution >= 4 is 5.91 Å². The van der Waals surface area contributed by atoms with Gasteiger partial charge in [0.05, 0.1) is 32.0 Å². The fourth-order valence-corrected chi connectivity index (χ4v) is 11.0. The third kappa shape index (κ3) is 42.6. The van der Waals surface area contributed by atoms with Gasteiger partial charge in [0.25, 0.3) is 0 Å². The molecule has 2 fully saturated rings. The Bertz CT molecular complexity index is 1980. The second-order valence-electron chi connectivity index (χ2n) is 24.6. The average Bonchev–Trinajstić information content (AvgIpc) is 1.58. The van der Waals surface area contributed by atoms with Crippen molar-refractivity contribution < 1.29 is 64.6 Å². The highest BCUT2D eigenvalue weighted by Gasteiger charge is 2.51. The van der Waals surface area contributed by atoms with E-state index in [1.165, 1.54) is 128 Å². The summed E-state index contributed by atoms with van der Waals surface area (Å²) < 4.78 is 22.8.